The molecule has 4 heteroatoms. The monoisotopic (exact) mass is 308 g/mol. The third-order valence-corrected chi connectivity index (χ3v) is 5.77. The van der Waals surface area contributed by atoms with Gasteiger partial charge in [0.25, 0.3) is 0 Å². The number of amides is 1. The fourth-order valence-electron chi connectivity index (χ4n) is 3.23. The van der Waals surface area contributed by atoms with Gasteiger partial charge in [-0.25, -0.2) is 0 Å². The average Bonchev–Trinajstić information content (AvgIpc) is 2.78. The predicted molar refractivity (Wildman–Crippen MR) is 73.4 cm³/mol. The second kappa shape index (κ2) is 4.65. The fourth-order valence-corrected chi connectivity index (χ4v) is 4.59. The van der Waals surface area contributed by atoms with Crippen molar-refractivity contribution < 1.29 is 4.79 Å². The molecule has 96 valence electrons. The first kappa shape index (κ1) is 12.2. The maximum absolute atomic E-state index is 12.2. The molecule has 0 spiro atoms. The van der Waals surface area contributed by atoms with E-state index in [1.54, 1.807) is 6.20 Å². The van der Waals surface area contributed by atoms with Crippen LogP contribution < -0.4 is 5.32 Å². The maximum atomic E-state index is 12.2. The van der Waals surface area contributed by atoms with E-state index in [1.165, 1.54) is 12.8 Å². The molecule has 1 amide bonds. The Morgan fingerprint density at radius 1 is 1.56 bits per heavy atom. The Labute approximate surface area is 116 Å². The Morgan fingerprint density at radius 3 is 3.11 bits per heavy atom. The highest BCUT2D eigenvalue weighted by molar-refractivity contribution is 9.09. The van der Waals surface area contributed by atoms with Gasteiger partial charge in [-0.1, -0.05) is 28.4 Å². The van der Waals surface area contributed by atoms with Crippen molar-refractivity contribution in [2.75, 3.05) is 6.54 Å². The van der Waals surface area contributed by atoms with Crippen LogP contribution in [0.3, 0.4) is 0 Å². The van der Waals surface area contributed by atoms with Gasteiger partial charge in [-0.3, -0.25) is 9.78 Å². The third kappa shape index (κ3) is 1.87. The quantitative estimate of drug-likeness (QED) is 0.867. The minimum absolute atomic E-state index is 0.0792. The zero-order chi connectivity index (χ0) is 12.6. The first-order chi connectivity index (χ1) is 8.75. The molecular formula is C14H17BrN2O. The van der Waals surface area contributed by atoms with Crippen molar-refractivity contribution in [3.63, 3.8) is 0 Å². The van der Waals surface area contributed by atoms with E-state index in [-0.39, 0.29) is 11.3 Å². The smallest absolute Gasteiger partial charge is 0.227 e. The first-order valence-corrected chi connectivity index (χ1v) is 7.49. The van der Waals surface area contributed by atoms with E-state index in [9.17, 15) is 4.79 Å². The molecule has 3 nitrogen and oxygen atoms in total. The largest absolute Gasteiger partial charge is 0.355 e. The molecule has 1 aromatic heterocycles. The highest BCUT2D eigenvalue weighted by atomic mass is 79.9. The molecule has 2 fully saturated rings. The lowest BCUT2D eigenvalue weighted by Crippen LogP contribution is -2.34. The molecule has 1 aromatic rings. The summed E-state index contributed by atoms with van der Waals surface area (Å²) in [7, 11) is 0. The van der Waals surface area contributed by atoms with Gasteiger partial charge in [0.2, 0.25) is 5.91 Å². The first-order valence-electron chi connectivity index (χ1n) is 6.57. The minimum Gasteiger partial charge on any atom is -0.355 e. The van der Waals surface area contributed by atoms with E-state index >= 15 is 0 Å². The number of rotatable bonds is 4. The van der Waals surface area contributed by atoms with E-state index in [2.05, 4.69) is 26.2 Å². The number of pyridine rings is 1. The van der Waals surface area contributed by atoms with Crippen molar-refractivity contribution in [3.05, 3.63) is 30.1 Å². The van der Waals surface area contributed by atoms with Gasteiger partial charge in [0.1, 0.15) is 0 Å². The van der Waals surface area contributed by atoms with E-state index in [0.29, 0.717) is 17.3 Å². The molecule has 0 aliphatic heterocycles. The summed E-state index contributed by atoms with van der Waals surface area (Å²) in [4.78, 5) is 16.9. The zero-order valence-electron chi connectivity index (χ0n) is 10.2. The standard InChI is InChI=1S/C14H17BrN2O/c15-12-11-5-3-7-14(11,12)13(18)17-9-6-10-4-1-2-8-16-10/h1-2,4,8,11-12H,3,5-7,9H2,(H,17,18)/t11-,12-,14+/m0/s1. The number of hydrogen-bond acceptors (Lipinski definition) is 2. The Morgan fingerprint density at radius 2 is 2.44 bits per heavy atom. The summed E-state index contributed by atoms with van der Waals surface area (Å²) >= 11 is 3.65. The van der Waals surface area contributed by atoms with Gasteiger partial charge in [-0.05, 0) is 30.9 Å². The molecule has 3 atom stereocenters. The molecule has 0 aromatic carbocycles. The van der Waals surface area contributed by atoms with Gasteiger partial charge in [-0.15, -0.1) is 0 Å². The highest BCUT2D eigenvalue weighted by Gasteiger charge is 2.69. The van der Waals surface area contributed by atoms with Gasteiger partial charge in [0, 0.05) is 29.7 Å². The van der Waals surface area contributed by atoms with Crippen LogP contribution in [-0.2, 0) is 11.2 Å². The van der Waals surface area contributed by atoms with Crippen molar-refractivity contribution in [3.8, 4) is 0 Å². The van der Waals surface area contributed by atoms with Gasteiger partial charge in [-0.2, -0.15) is 0 Å². The van der Waals surface area contributed by atoms with Crippen LogP contribution in [0, 0.1) is 11.3 Å². The van der Waals surface area contributed by atoms with Crippen LogP contribution in [0.1, 0.15) is 25.0 Å². The van der Waals surface area contributed by atoms with Gasteiger partial charge in [0.05, 0.1) is 5.41 Å². The molecule has 0 bridgehead atoms. The molecule has 1 N–H and O–H groups in total. The van der Waals surface area contributed by atoms with Crippen molar-refractivity contribution >= 4 is 21.8 Å². The number of carbonyl (C=O) groups excluding carboxylic acids is 1. The average molecular weight is 309 g/mol. The van der Waals surface area contributed by atoms with Crippen LogP contribution in [0.4, 0.5) is 0 Å². The lowest BCUT2D eigenvalue weighted by molar-refractivity contribution is -0.126. The number of alkyl halides is 1. The van der Waals surface area contributed by atoms with Crippen LogP contribution in [0.5, 0.6) is 0 Å². The third-order valence-electron chi connectivity index (χ3n) is 4.32. The molecule has 0 unspecified atom stereocenters. The number of fused-ring (bicyclic) bond motifs is 1. The lowest BCUT2D eigenvalue weighted by Gasteiger charge is -2.13. The number of aromatic nitrogens is 1. The molecule has 3 rings (SSSR count). The van der Waals surface area contributed by atoms with Crippen LogP contribution in [0.2, 0.25) is 0 Å². The highest BCUT2D eigenvalue weighted by Crippen LogP contribution is 2.67. The summed E-state index contributed by atoms with van der Waals surface area (Å²) in [6, 6.07) is 5.88. The predicted octanol–water partition coefficient (Wildman–Crippen LogP) is 2.30. The van der Waals surface area contributed by atoms with Crippen LogP contribution >= 0.6 is 15.9 Å². The summed E-state index contributed by atoms with van der Waals surface area (Å²) in [6.07, 6.45) is 6.03. The minimum atomic E-state index is -0.0792. The number of halogens is 1. The van der Waals surface area contributed by atoms with E-state index in [1.807, 2.05) is 18.2 Å². The molecule has 2 saturated carbocycles. The zero-order valence-corrected chi connectivity index (χ0v) is 11.8. The number of nitrogens with zero attached hydrogens (tertiary/aromatic N) is 1. The van der Waals surface area contributed by atoms with Gasteiger partial charge < -0.3 is 5.32 Å². The summed E-state index contributed by atoms with van der Waals surface area (Å²) in [5.41, 5.74) is 0.953. The Hall–Kier alpha value is -0.900. The SMILES string of the molecule is O=C(NCCc1ccccn1)[C@]12CCC[C@H]1[C@@H]2Br. The Bertz CT molecular complexity index is 450. The second-order valence-electron chi connectivity index (χ2n) is 5.27. The summed E-state index contributed by atoms with van der Waals surface area (Å²) < 4.78 is 0. The second-order valence-corrected chi connectivity index (χ2v) is 6.25. The van der Waals surface area contributed by atoms with E-state index in [0.717, 1.165) is 18.5 Å². The Kier molecular flexibility index (Phi) is 3.14. The molecule has 0 saturated heterocycles. The molecule has 0 radical (unpaired) electrons. The van der Waals surface area contributed by atoms with Crippen LogP contribution in [-0.4, -0.2) is 22.3 Å². The lowest BCUT2D eigenvalue weighted by atomic mass is 10.0. The number of nitrogens with one attached hydrogen (secondary N) is 1. The van der Waals surface area contributed by atoms with Gasteiger partial charge in [0.15, 0.2) is 0 Å². The molecule has 2 aliphatic carbocycles. The van der Waals surface area contributed by atoms with E-state index in [4.69, 9.17) is 0 Å². The molecular weight excluding hydrogens is 292 g/mol. The van der Waals surface area contributed by atoms with Crippen molar-refractivity contribution in [2.24, 2.45) is 11.3 Å². The van der Waals surface area contributed by atoms with Crippen molar-refractivity contribution in [1.29, 1.82) is 0 Å². The van der Waals surface area contributed by atoms with Crippen molar-refractivity contribution in [2.45, 2.75) is 30.5 Å². The molecule has 2 aliphatic rings. The summed E-state index contributed by atoms with van der Waals surface area (Å²) in [5, 5.41) is 3.08. The van der Waals surface area contributed by atoms with Crippen molar-refractivity contribution in [1.82, 2.24) is 10.3 Å². The summed E-state index contributed by atoms with van der Waals surface area (Å²) in [5.74, 6) is 0.815. The van der Waals surface area contributed by atoms with Gasteiger partial charge >= 0.3 is 0 Å². The van der Waals surface area contributed by atoms with Crippen LogP contribution in [0.25, 0.3) is 0 Å². The fraction of sp³-hybridized carbons (Fsp3) is 0.571. The molecule has 18 heavy (non-hydrogen) atoms. The Balaban J connectivity index is 1.51. The topological polar surface area (TPSA) is 42.0 Å². The normalized spacial score (nSPS) is 32.9. The molecule has 1 heterocycles. The van der Waals surface area contributed by atoms with E-state index < -0.39 is 0 Å². The number of carbonyl (C=O) groups is 1. The van der Waals surface area contributed by atoms with Crippen LogP contribution in [0.15, 0.2) is 24.4 Å². The number of hydrogen-bond donors (Lipinski definition) is 1. The maximum Gasteiger partial charge on any atom is 0.227 e. The summed E-state index contributed by atoms with van der Waals surface area (Å²) in [6.45, 7) is 0.685.